The van der Waals surface area contributed by atoms with Crippen LogP contribution in [0.4, 0.5) is 10.1 Å². The first-order valence-corrected chi connectivity index (χ1v) is 6.48. The van der Waals surface area contributed by atoms with E-state index in [4.69, 9.17) is 16.7 Å². The van der Waals surface area contributed by atoms with E-state index in [0.29, 0.717) is 21.8 Å². The molecule has 0 aliphatic heterocycles. The van der Waals surface area contributed by atoms with Gasteiger partial charge >= 0.3 is 5.97 Å². The molecule has 0 aliphatic rings. The summed E-state index contributed by atoms with van der Waals surface area (Å²) in [7, 11) is 1.28. The van der Waals surface area contributed by atoms with Gasteiger partial charge in [-0.05, 0) is 35.9 Å². The highest BCUT2D eigenvalue weighted by Crippen LogP contribution is 2.23. The third-order valence-electron chi connectivity index (χ3n) is 2.88. The van der Waals surface area contributed by atoms with E-state index in [0.717, 1.165) is 0 Å². The number of phenolic OH excluding ortho intramolecular Hbond substituents is 1. The van der Waals surface area contributed by atoms with Crippen molar-refractivity contribution in [2.24, 2.45) is 0 Å². The molecule has 0 fully saturated rings. The fraction of sp³-hybridized carbons (Fsp3) is 0.133. The van der Waals surface area contributed by atoms with Crippen LogP contribution in [-0.2, 0) is 11.3 Å². The number of nitrogens with one attached hydrogen (secondary N) is 1. The Bertz CT molecular complexity index is 676. The van der Waals surface area contributed by atoms with E-state index in [1.807, 2.05) is 0 Å². The maximum Gasteiger partial charge on any atom is 0.340 e. The highest BCUT2D eigenvalue weighted by atomic mass is 35.5. The molecule has 0 atom stereocenters. The van der Waals surface area contributed by atoms with E-state index in [2.05, 4.69) is 10.1 Å². The molecule has 0 aliphatic carbocycles. The van der Waals surface area contributed by atoms with Crippen LogP contribution >= 0.6 is 11.6 Å². The minimum atomic E-state index is -0.696. The summed E-state index contributed by atoms with van der Waals surface area (Å²) in [4.78, 5) is 11.7. The summed E-state index contributed by atoms with van der Waals surface area (Å²) >= 11 is 5.86. The van der Waals surface area contributed by atoms with Gasteiger partial charge in [0.05, 0.1) is 12.7 Å². The van der Waals surface area contributed by atoms with E-state index in [1.165, 1.54) is 25.3 Å². The second kappa shape index (κ2) is 6.45. The van der Waals surface area contributed by atoms with Crippen LogP contribution < -0.4 is 5.32 Å². The Labute approximate surface area is 126 Å². The molecule has 0 amide bonds. The number of hydrogen-bond donors (Lipinski definition) is 2. The number of aromatic hydroxyl groups is 1. The van der Waals surface area contributed by atoms with Gasteiger partial charge in [-0.2, -0.15) is 0 Å². The molecule has 0 heterocycles. The van der Waals surface area contributed by atoms with Crippen molar-refractivity contribution >= 4 is 23.3 Å². The third kappa shape index (κ3) is 3.64. The first-order valence-electron chi connectivity index (χ1n) is 6.10. The molecular weight excluding hydrogens is 297 g/mol. The maximum absolute atomic E-state index is 13.3. The highest BCUT2D eigenvalue weighted by Gasteiger charge is 2.12. The molecule has 110 valence electrons. The standard InChI is InChI=1S/C15H13ClFNO3/c1-21-15(20)11-7-10(16)3-4-13(11)18-8-9-2-5-14(19)12(17)6-9/h2-7,18-19H,8H2,1H3. The number of esters is 1. The van der Waals surface area contributed by atoms with Gasteiger partial charge < -0.3 is 15.2 Å². The lowest BCUT2D eigenvalue weighted by Crippen LogP contribution is -2.08. The van der Waals surface area contributed by atoms with Gasteiger partial charge in [-0.25, -0.2) is 9.18 Å². The highest BCUT2D eigenvalue weighted by molar-refractivity contribution is 6.31. The van der Waals surface area contributed by atoms with Crippen molar-refractivity contribution in [2.75, 3.05) is 12.4 Å². The van der Waals surface area contributed by atoms with Gasteiger partial charge in [-0.15, -0.1) is 0 Å². The molecule has 2 aromatic rings. The van der Waals surface area contributed by atoms with E-state index >= 15 is 0 Å². The normalized spacial score (nSPS) is 10.2. The molecule has 0 bridgehead atoms. The summed E-state index contributed by atoms with van der Waals surface area (Å²) in [6, 6.07) is 8.84. The van der Waals surface area contributed by atoms with Crippen LogP contribution in [0.2, 0.25) is 5.02 Å². The number of hydrogen-bond acceptors (Lipinski definition) is 4. The molecule has 4 nitrogen and oxygen atoms in total. The molecule has 2 rings (SSSR count). The molecule has 0 aromatic heterocycles. The summed E-state index contributed by atoms with van der Waals surface area (Å²) in [5, 5.41) is 12.6. The predicted octanol–water partition coefficient (Wildman–Crippen LogP) is 3.58. The average Bonchev–Trinajstić information content (AvgIpc) is 2.48. The minimum Gasteiger partial charge on any atom is -0.505 e. The van der Waals surface area contributed by atoms with Gasteiger partial charge in [-0.3, -0.25) is 0 Å². The van der Waals surface area contributed by atoms with Crippen LogP contribution in [-0.4, -0.2) is 18.2 Å². The first kappa shape index (κ1) is 15.1. The van der Waals surface area contributed by atoms with Crippen molar-refractivity contribution in [3.05, 3.63) is 58.4 Å². The molecule has 21 heavy (non-hydrogen) atoms. The molecular formula is C15H13ClFNO3. The minimum absolute atomic E-state index is 0.281. The van der Waals surface area contributed by atoms with Gasteiger partial charge in [0.1, 0.15) is 0 Å². The zero-order chi connectivity index (χ0) is 15.4. The van der Waals surface area contributed by atoms with Crippen molar-refractivity contribution in [3.63, 3.8) is 0 Å². The topological polar surface area (TPSA) is 58.6 Å². The molecule has 0 saturated heterocycles. The van der Waals surface area contributed by atoms with E-state index in [1.54, 1.807) is 18.2 Å². The molecule has 0 spiro atoms. The Morgan fingerprint density at radius 2 is 2.10 bits per heavy atom. The quantitative estimate of drug-likeness (QED) is 0.848. The maximum atomic E-state index is 13.3. The number of anilines is 1. The van der Waals surface area contributed by atoms with Crippen molar-refractivity contribution < 1.29 is 19.0 Å². The summed E-state index contributed by atoms with van der Waals surface area (Å²) in [5.74, 6) is -1.61. The second-order valence-electron chi connectivity index (χ2n) is 4.32. The lowest BCUT2D eigenvalue weighted by molar-refractivity contribution is 0.0602. The monoisotopic (exact) mass is 309 g/mol. The van der Waals surface area contributed by atoms with E-state index in [9.17, 15) is 9.18 Å². The Kier molecular flexibility index (Phi) is 4.65. The summed E-state index contributed by atoms with van der Waals surface area (Å²) < 4.78 is 17.9. The smallest absolute Gasteiger partial charge is 0.340 e. The Balaban J connectivity index is 2.19. The Hall–Kier alpha value is -2.27. The van der Waals surface area contributed by atoms with Gasteiger partial charge in [-0.1, -0.05) is 17.7 Å². The summed E-state index contributed by atoms with van der Waals surface area (Å²) in [6.07, 6.45) is 0. The molecule has 0 radical (unpaired) electrons. The van der Waals surface area contributed by atoms with Crippen LogP contribution in [0.1, 0.15) is 15.9 Å². The molecule has 6 heteroatoms. The van der Waals surface area contributed by atoms with Crippen LogP contribution in [0.3, 0.4) is 0 Å². The van der Waals surface area contributed by atoms with E-state index in [-0.39, 0.29) is 6.54 Å². The number of methoxy groups -OCH3 is 1. The van der Waals surface area contributed by atoms with Crippen molar-refractivity contribution in [1.29, 1.82) is 0 Å². The molecule has 0 saturated carbocycles. The number of benzene rings is 2. The third-order valence-corrected chi connectivity index (χ3v) is 3.12. The number of ether oxygens (including phenoxy) is 1. The fourth-order valence-electron chi connectivity index (χ4n) is 1.81. The number of phenols is 1. The zero-order valence-corrected chi connectivity index (χ0v) is 11.9. The van der Waals surface area contributed by atoms with Gasteiger partial charge in [0.25, 0.3) is 0 Å². The Morgan fingerprint density at radius 3 is 2.76 bits per heavy atom. The van der Waals surface area contributed by atoms with Gasteiger partial charge in [0.15, 0.2) is 11.6 Å². The molecule has 2 N–H and O–H groups in total. The fourth-order valence-corrected chi connectivity index (χ4v) is 1.98. The summed E-state index contributed by atoms with van der Waals surface area (Å²) in [6.45, 7) is 0.281. The van der Waals surface area contributed by atoms with E-state index < -0.39 is 17.5 Å². The number of rotatable bonds is 4. The molecule has 0 unspecified atom stereocenters. The Morgan fingerprint density at radius 1 is 1.33 bits per heavy atom. The van der Waals surface area contributed by atoms with Gasteiger partial charge in [0, 0.05) is 17.3 Å². The zero-order valence-electron chi connectivity index (χ0n) is 11.2. The van der Waals surface area contributed by atoms with Crippen molar-refractivity contribution in [1.82, 2.24) is 0 Å². The number of carbonyl (C=O) groups excluding carboxylic acids is 1. The lowest BCUT2D eigenvalue weighted by Gasteiger charge is -2.11. The lowest BCUT2D eigenvalue weighted by atomic mass is 10.1. The van der Waals surface area contributed by atoms with Crippen LogP contribution in [0, 0.1) is 5.82 Å². The van der Waals surface area contributed by atoms with Crippen LogP contribution in [0.5, 0.6) is 5.75 Å². The first-order chi connectivity index (χ1) is 10.0. The number of halogens is 2. The largest absolute Gasteiger partial charge is 0.505 e. The van der Waals surface area contributed by atoms with Crippen molar-refractivity contribution in [3.8, 4) is 5.75 Å². The van der Waals surface area contributed by atoms with Gasteiger partial charge in [0.2, 0.25) is 0 Å². The SMILES string of the molecule is COC(=O)c1cc(Cl)ccc1NCc1ccc(O)c(F)c1. The summed E-state index contributed by atoms with van der Waals surface area (Å²) in [5.41, 5.74) is 1.44. The second-order valence-corrected chi connectivity index (χ2v) is 4.76. The van der Waals surface area contributed by atoms with Crippen LogP contribution in [0.15, 0.2) is 36.4 Å². The van der Waals surface area contributed by atoms with Crippen molar-refractivity contribution in [2.45, 2.75) is 6.54 Å². The van der Waals surface area contributed by atoms with Crippen LogP contribution in [0.25, 0.3) is 0 Å². The number of carbonyl (C=O) groups is 1. The molecule has 2 aromatic carbocycles. The predicted molar refractivity (Wildman–Crippen MR) is 78.2 cm³/mol. The average molecular weight is 310 g/mol.